The highest BCUT2D eigenvalue weighted by molar-refractivity contribution is 7.98. The number of hydrogen-bond acceptors (Lipinski definition) is 6. The molecule has 1 aliphatic heterocycles. The number of thiophene rings is 1. The van der Waals surface area contributed by atoms with E-state index in [1.165, 1.54) is 23.9 Å². The Kier molecular flexibility index (Phi) is 4.93. The normalized spacial score (nSPS) is 18.4. The molecule has 0 saturated heterocycles. The molecule has 0 spiro atoms. The third kappa shape index (κ3) is 3.49. The molecular weight excluding hydrogens is 431 g/mol. The summed E-state index contributed by atoms with van der Waals surface area (Å²) in [5.41, 5.74) is 2.58. The first-order chi connectivity index (χ1) is 14.1. The maximum absolute atomic E-state index is 13.3. The summed E-state index contributed by atoms with van der Waals surface area (Å²) in [6.07, 6.45) is 2.25. The number of fused-ring (bicyclic) bond motifs is 1. The van der Waals surface area contributed by atoms with E-state index in [9.17, 15) is 9.18 Å². The molecule has 1 N–H and O–H groups in total. The van der Waals surface area contributed by atoms with Crippen LogP contribution in [0.25, 0.3) is 0 Å². The number of allylic oxidation sites excluding steroid dienone is 2. The Bertz CT molecular complexity index is 1130. The van der Waals surface area contributed by atoms with Crippen LogP contribution < -0.4 is 5.32 Å². The Morgan fingerprint density at radius 2 is 2.24 bits per heavy atom. The fraction of sp³-hybridized carbons (Fsp3) is 0.250. The minimum Gasteiger partial charge on any atom is -0.328 e. The molecule has 3 aromatic rings. The first-order valence-electron chi connectivity index (χ1n) is 9.20. The van der Waals surface area contributed by atoms with Gasteiger partial charge in [0.1, 0.15) is 11.9 Å². The zero-order chi connectivity index (χ0) is 20.0. The van der Waals surface area contributed by atoms with Crippen LogP contribution in [-0.2, 0) is 10.5 Å². The topological polar surface area (TPSA) is 59.8 Å². The van der Waals surface area contributed by atoms with Gasteiger partial charge in [-0.15, -0.1) is 16.4 Å². The van der Waals surface area contributed by atoms with Gasteiger partial charge in [-0.25, -0.2) is 9.07 Å². The molecule has 148 valence electrons. The second-order valence-electron chi connectivity index (χ2n) is 6.90. The van der Waals surface area contributed by atoms with Crippen LogP contribution in [0.15, 0.2) is 52.1 Å². The first-order valence-corrected chi connectivity index (χ1v) is 11.4. The van der Waals surface area contributed by atoms with Gasteiger partial charge in [0.15, 0.2) is 5.78 Å². The van der Waals surface area contributed by atoms with Gasteiger partial charge in [0.05, 0.1) is 0 Å². The molecule has 0 fully saturated rings. The Hall–Kier alpha value is -2.16. The fourth-order valence-corrected chi connectivity index (χ4v) is 5.65. The minimum absolute atomic E-state index is 0.172. The summed E-state index contributed by atoms with van der Waals surface area (Å²) in [7, 11) is 0. The standard InChI is InChI=1S/C20H16ClFN4OS2/c21-13-9-12(22)7-6-11(13)10-29-20-24-19-23-14-3-1-4-15(27)17(14)18(26(19)25-20)16-5-2-8-28-16/h2,5-9,18H,1,3-4,10H2,(H,23,24,25). The molecule has 0 saturated carbocycles. The summed E-state index contributed by atoms with van der Waals surface area (Å²) in [6, 6.07) is 8.14. The van der Waals surface area contributed by atoms with Crippen molar-refractivity contribution < 1.29 is 9.18 Å². The number of hydrogen-bond donors (Lipinski definition) is 1. The summed E-state index contributed by atoms with van der Waals surface area (Å²) < 4.78 is 15.1. The largest absolute Gasteiger partial charge is 0.328 e. The molecule has 0 radical (unpaired) electrons. The fourth-order valence-electron chi connectivity index (χ4n) is 3.69. The number of nitrogens with zero attached hydrogens (tertiary/aromatic N) is 3. The second-order valence-corrected chi connectivity index (χ2v) is 9.23. The number of carbonyl (C=O) groups is 1. The van der Waals surface area contributed by atoms with Gasteiger partial charge in [-0.3, -0.25) is 4.79 Å². The van der Waals surface area contributed by atoms with Crippen LogP contribution in [0.1, 0.15) is 35.7 Å². The maximum atomic E-state index is 13.3. The van der Waals surface area contributed by atoms with Crippen molar-refractivity contribution in [3.05, 3.63) is 68.3 Å². The Morgan fingerprint density at radius 1 is 1.34 bits per heavy atom. The Morgan fingerprint density at radius 3 is 3.03 bits per heavy atom. The molecule has 1 unspecified atom stereocenters. The Labute approximate surface area is 180 Å². The van der Waals surface area contributed by atoms with Gasteiger partial charge in [-0.2, -0.15) is 4.98 Å². The molecule has 1 aliphatic carbocycles. The van der Waals surface area contributed by atoms with E-state index < -0.39 is 0 Å². The third-order valence-corrected chi connectivity index (χ3v) is 7.20. The smallest absolute Gasteiger partial charge is 0.227 e. The molecule has 9 heteroatoms. The van der Waals surface area contributed by atoms with Gasteiger partial charge in [0, 0.05) is 33.3 Å². The van der Waals surface area contributed by atoms with Crippen LogP contribution in [0.4, 0.5) is 10.3 Å². The number of thioether (sulfide) groups is 1. The molecule has 29 heavy (non-hydrogen) atoms. The monoisotopic (exact) mass is 446 g/mol. The highest BCUT2D eigenvalue weighted by Crippen LogP contribution is 2.42. The molecule has 5 rings (SSSR count). The average molecular weight is 447 g/mol. The van der Waals surface area contributed by atoms with E-state index in [0.29, 0.717) is 28.3 Å². The number of anilines is 1. The molecule has 2 aromatic heterocycles. The quantitative estimate of drug-likeness (QED) is 0.540. The van der Waals surface area contributed by atoms with Gasteiger partial charge in [0.25, 0.3) is 0 Å². The summed E-state index contributed by atoms with van der Waals surface area (Å²) in [5, 5.41) is 11.0. The number of carbonyl (C=O) groups excluding carboxylic acids is 1. The number of benzene rings is 1. The lowest BCUT2D eigenvalue weighted by molar-refractivity contribution is -0.116. The summed E-state index contributed by atoms with van der Waals surface area (Å²) in [5.74, 6) is 0.983. The number of ketones is 1. The van der Waals surface area contributed by atoms with Crippen LogP contribution in [-0.4, -0.2) is 20.5 Å². The predicted octanol–water partition coefficient (Wildman–Crippen LogP) is 5.45. The highest BCUT2D eigenvalue weighted by atomic mass is 35.5. The number of Topliss-reactive ketones (excluding diaryl/α,β-unsaturated/α-hetero) is 1. The molecule has 5 nitrogen and oxygen atoms in total. The average Bonchev–Trinajstić information content (AvgIpc) is 3.35. The van der Waals surface area contributed by atoms with Gasteiger partial charge in [-0.1, -0.05) is 35.5 Å². The van der Waals surface area contributed by atoms with Crippen molar-refractivity contribution in [3.8, 4) is 0 Å². The molecule has 3 heterocycles. The van der Waals surface area contributed by atoms with Gasteiger partial charge < -0.3 is 5.32 Å². The number of nitrogens with one attached hydrogen (secondary N) is 1. The van der Waals surface area contributed by atoms with Gasteiger partial charge >= 0.3 is 0 Å². The lowest BCUT2D eigenvalue weighted by Gasteiger charge is -2.31. The summed E-state index contributed by atoms with van der Waals surface area (Å²) in [6.45, 7) is 0. The molecule has 1 atom stereocenters. The number of aromatic nitrogens is 3. The molecular formula is C20H16ClFN4OS2. The Balaban J connectivity index is 1.47. The second kappa shape index (κ2) is 7.59. The third-order valence-electron chi connectivity index (χ3n) is 5.03. The predicted molar refractivity (Wildman–Crippen MR) is 113 cm³/mol. The lowest BCUT2D eigenvalue weighted by atomic mass is 9.88. The maximum Gasteiger partial charge on any atom is 0.227 e. The van der Waals surface area contributed by atoms with Crippen molar-refractivity contribution in [1.82, 2.24) is 14.8 Å². The van der Waals surface area contributed by atoms with Crippen molar-refractivity contribution in [2.45, 2.75) is 36.2 Å². The molecule has 2 aliphatic rings. The van der Waals surface area contributed by atoms with Crippen LogP contribution in [0.3, 0.4) is 0 Å². The van der Waals surface area contributed by atoms with Gasteiger partial charge in [0.2, 0.25) is 11.1 Å². The van der Waals surface area contributed by atoms with E-state index in [2.05, 4.69) is 15.4 Å². The first kappa shape index (κ1) is 18.8. The van der Waals surface area contributed by atoms with Crippen molar-refractivity contribution in [2.24, 2.45) is 0 Å². The van der Waals surface area contributed by atoms with Crippen LogP contribution in [0, 0.1) is 5.82 Å². The minimum atomic E-state index is -0.358. The van der Waals surface area contributed by atoms with E-state index >= 15 is 0 Å². The van der Waals surface area contributed by atoms with Crippen LogP contribution in [0.5, 0.6) is 0 Å². The van der Waals surface area contributed by atoms with Crippen molar-refractivity contribution in [1.29, 1.82) is 0 Å². The zero-order valence-corrected chi connectivity index (χ0v) is 17.6. The highest BCUT2D eigenvalue weighted by Gasteiger charge is 2.37. The number of rotatable bonds is 4. The van der Waals surface area contributed by atoms with Crippen molar-refractivity contribution in [2.75, 3.05) is 5.32 Å². The van der Waals surface area contributed by atoms with E-state index in [1.807, 2.05) is 22.2 Å². The van der Waals surface area contributed by atoms with E-state index in [0.717, 1.165) is 34.6 Å². The van der Waals surface area contributed by atoms with Gasteiger partial charge in [-0.05, 0) is 42.0 Å². The molecule has 1 aromatic carbocycles. The van der Waals surface area contributed by atoms with E-state index in [-0.39, 0.29) is 17.6 Å². The summed E-state index contributed by atoms with van der Waals surface area (Å²) in [4.78, 5) is 18.4. The van der Waals surface area contributed by atoms with Crippen molar-refractivity contribution >= 4 is 46.4 Å². The van der Waals surface area contributed by atoms with E-state index in [4.69, 9.17) is 11.6 Å². The molecule has 0 amide bonds. The SMILES string of the molecule is O=C1CCCC2=C1C(c1cccs1)n1nc(SCc3ccc(F)cc3Cl)nc1N2. The van der Waals surface area contributed by atoms with Crippen molar-refractivity contribution in [3.63, 3.8) is 0 Å². The van der Waals surface area contributed by atoms with Crippen LogP contribution >= 0.6 is 34.7 Å². The van der Waals surface area contributed by atoms with E-state index in [1.54, 1.807) is 17.4 Å². The summed E-state index contributed by atoms with van der Waals surface area (Å²) >= 11 is 9.17. The zero-order valence-electron chi connectivity index (χ0n) is 15.2. The van der Waals surface area contributed by atoms with Crippen LogP contribution in [0.2, 0.25) is 5.02 Å². The number of halogens is 2. The lowest BCUT2D eigenvalue weighted by Crippen LogP contribution is -2.31. The molecule has 0 bridgehead atoms.